The number of benzene rings is 1. The highest BCUT2D eigenvalue weighted by Gasteiger charge is 2.24. The molecule has 21 heavy (non-hydrogen) atoms. The van der Waals surface area contributed by atoms with Crippen molar-refractivity contribution in [2.75, 3.05) is 14.1 Å². The van der Waals surface area contributed by atoms with Gasteiger partial charge in [0.2, 0.25) is 5.91 Å². The summed E-state index contributed by atoms with van der Waals surface area (Å²) in [5, 5.41) is 5.32. The highest BCUT2D eigenvalue weighted by Crippen LogP contribution is 2.14. The largest absolute Gasteiger partial charge is 0.336 e. The van der Waals surface area contributed by atoms with E-state index in [0.29, 0.717) is 25.1 Å². The van der Waals surface area contributed by atoms with Crippen molar-refractivity contribution in [2.24, 2.45) is 5.10 Å². The first-order valence-electron chi connectivity index (χ1n) is 7.04. The molecule has 0 unspecified atom stereocenters. The lowest BCUT2D eigenvalue weighted by molar-refractivity contribution is -0.130. The van der Waals surface area contributed by atoms with E-state index in [1.54, 1.807) is 19.0 Å². The number of carbonyl (C=O) groups excluding carboxylic acids is 2. The number of carbonyl (C=O) groups is 2. The average molecular weight is 287 g/mol. The monoisotopic (exact) mass is 287 g/mol. The number of hydrazone groups is 1. The molecule has 5 nitrogen and oxygen atoms in total. The van der Waals surface area contributed by atoms with E-state index < -0.39 is 0 Å². The van der Waals surface area contributed by atoms with Gasteiger partial charge in [0.05, 0.1) is 0 Å². The van der Waals surface area contributed by atoms with E-state index >= 15 is 0 Å². The van der Waals surface area contributed by atoms with Crippen LogP contribution in [0.4, 0.5) is 0 Å². The Kier molecular flexibility index (Phi) is 4.40. The molecule has 1 aliphatic rings. The molecule has 0 saturated carbocycles. The number of hydrogen-bond acceptors (Lipinski definition) is 3. The number of nitrogens with zero attached hydrogens (tertiary/aromatic N) is 3. The van der Waals surface area contributed by atoms with E-state index in [-0.39, 0.29) is 11.8 Å². The van der Waals surface area contributed by atoms with E-state index in [4.69, 9.17) is 0 Å². The molecule has 2 rings (SSSR count). The van der Waals surface area contributed by atoms with Crippen LogP contribution in [0.3, 0.4) is 0 Å². The number of rotatable bonds is 3. The van der Waals surface area contributed by atoms with Crippen molar-refractivity contribution >= 4 is 17.5 Å². The van der Waals surface area contributed by atoms with Crippen LogP contribution in [0, 0.1) is 13.8 Å². The molecule has 1 heterocycles. The van der Waals surface area contributed by atoms with Gasteiger partial charge in [0.1, 0.15) is 5.71 Å². The van der Waals surface area contributed by atoms with Gasteiger partial charge >= 0.3 is 0 Å². The number of aryl methyl sites for hydroxylation is 2. The predicted molar refractivity (Wildman–Crippen MR) is 81.8 cm³/mol. The second-order valence-electron chi connectivity index (χ2n) is 5.56. The fourth-order valence-corrected chi connectivity index (χ4v) is 2.39. The summed E-state index contributed by atoms with van der Waals surface area (Å²) in [4.78, 5) is 25.4. The Morgan fingerprint density at radius 3 is 2.67 bits per heavy atom. The summed E-state index contributed by atoms with van der Waals surface area (Å²) in [7, 11) is 3.35. The Bertz CT molecular complexity index is 608. The van der Waals surface area contributed by atoms with Crippen molar-refractivity contribution in [3.63, 3.8) is 0 Å². The molecule has 0 N–H and O–H groups in total. The van der Waals surface area contributed by atoms with Crippen molar-refractivity contribution in [2.45, 2.75) is 33.2 Å². The van der Waals surface area contributed by atoms with Crippen molar-refractivity contribution < 1.29 is 9.59 Å². The van der Waals surface area contributed by atoms with Crippen LogP contribution >= 0.6 is 0 Å². The van der Waals surface area contributed by atoms with Crippen LogP contribution in [-0.2, 0) is 16.1 Å². The Morgan fingerprint density at radius 2 is 2.05 bits per heavy atom. The molecule has 112 valence electrons. The van der Waals surface area contributed by atoms with Crippen LogP contribution in [-0.4, -0.2) is 41.5 Å². The van der Waals surface area contributed by atoms with Gasteiger partial charge in [-0.15, -0.1) is 0 Å². The maximum atomic E-state index is 12.4. The van der Waals surface area contributed by atoms with Gasteiger partial charge in [0.25, 0.3) is 5.91 Å². The Hall–Kier alpha value is -2.17. The molecular formula is C16H21N3O2. The molecule has 0 fully saturated rings. The molecule has 0 bridgehead atoms. The van der Waals surface area contributed by atoms with Gasteiger partial charge in [-0.1, -0.05) is 23.8 Å². The summed E-state index contributed by atoms with van der Waals surface area (Å²) in [5.74, 6) is -0.169. The summed E-state index contributed by atoms with van der Waals surface area (Å²) < 4.78 is 0. The van der Waals surface area contributed by atoms with Gasteiger partial charge in [0, 0.05) is 33.5 Å². The van der Waals surface area contributed by atoms with E-state index in [1.165, 1.54) is 16.1 Å². The van der Waals surface area contributed by atoms with Gasteiger partial charge in [-0.3, -0.25) is 9.59 Å². The van der Waals surface area contributed by atoms with Gasteiger partial charge in [-0.05, 0) is 25.0 Å². The van der Waals surface area contributed by atoms with Crippen LogP contribution < -0.4 is 0 Å². The fourth-order valence-electron chi connectivity index (χ4n) is 2.39. The molecule has 1 aromatic rings. The number of hydrogen-bond donors (Lipinski definition) is 0. The van der Waals surface area contributed by atoms with E-state index in [0.717, 1.165) is 5.56 Å². The summed E-state index contributed by atoms with van der Waals surface area (Å²) in [5.41, 5.74) is 3.95. The molecule has 0 aromatic heterocycles. The molecule has 2 amide bonds. The third kappa shape index (κ3) is 3.48. The highest BCUT2D eigenvalue weighted by molar-refractivity contribution is 6.39. The molecule has 0 spiro atoms. The fraction of sp³-hybridized carbons (Fsp3) is 0.438. The summed E-state index contributed by atoms with van der Waals surface area (Å²) in [6.07, 6.45) is 0.762. The average Bonchev–Trinajstić information content (AvgIpc) is 2.44. The first kappa shape index (κ1) is 15.2. The van der Waals surface area contributed by atoms with Gasteiger partial charge in [-0.2, -0.15) is 5.10 Å². The molecule has 1 aliphatic heterocycles. The first-order valence-corrected chi connectivity index (χ1v) is 7.04. The minimum Gasteiger partial charge on any atom is -0.336 e. The third-order valence-corrected chi connectivity index (χ3v) is 3.71. The minimum atomic E-state index is -0.116. The first-order chi connectivity index (χ1) is 9.88. The van der Waals surface area contributed by atoms with Gasteiger partial charge < -0.3 is 4.90 Å². The van der Waals surface area contributed by atoms with Crippen LogP contribution in [0.1, 0.15) is 29.5 Å². The quantitative estimate of drug-likeness (QED) is 0.852. The van der Waals surface area contributed by atoms with Crippen LogP contribution in [0.15, 0.2) is 23.3 Å². The lowest BCUT2D eigenvalue weighted by Gasteiger charge is -2.23. The Morgan fingerprint density at radius 1 is 1.33 bits per heavy atom. The molecule has 5 heteroatoms. The third-order valence-electron chi connectivity index (χ3n) is 3.71. The number of amides is 2. The molecule has 0 atom stereocenters. The lowest BCUT2D eigenvalue weighted by atomic mass is 10.0. The second-order valence-corrected chi connectivity index (χ2v) is 5.56. The van der Waals surface area contributed by atoms with Crippen molar-refractivity contribution in [3.05, 3.63) is 34.9 Å². The summed E-state index contributed by atoms with van der Waals surface area (Å²) in [6.45, 7) is 4.64. The Balaban J connectivity index is 2.09. The van der Waals surface area contributed by atoms with Crippen LogP contribution in [0.25, 0.3) is 0 Å². The van der Waals surface area contributed by atoms with Gasteiger partial charge in [0.15, 0.2) is 0 Å². The maximum Gasteiger partial charge on any atom is 0.270 e. The summed E-state index contributed by atoms with van der Waals surface area (Å²) >= 11 is 0. The molecule has 0 saturated heterocycles. The standard InChI is InChI=1S/C16H21N3O2/c1-11-5-6-13(12(2)9-11)10-18(3)16(21)14-7-8-15(20)19(4)17-14/h5-6,9H,7-8,10H2,1-4H3. The molecule has 0 radical (unpaired) electrons. The summed E-state index contributed by atoms with van der Waals surface area (Å²) in [6, 6.07) is 6.20. The molecular weight excluding hydrogens is 266 g/mol. The lowest BCUT2D eigenvalue weighted by Crippen LogP contribution is -2.38. The Labute approximate surface area is 125 Å². The van der Waals surface area contributed by atoms with Crippen molar-refractivity contribution in [1.29, 1.82) is 0 Å². The van der Waals surface area contributed by atoms with Crippen molar-refractivity contribution in [3.8, 4) is 0 Å². The maximum absolute atomic E-state index is 12.4. The smallest absolute Gasteiger partial charge is 0.270 e. The normalized spacial score (nSPS) is 15.0. The second kappa shape index (κ2) is 6.08. The van der Waals surface area contributed by atoms with Crippen molar-refractivity contribution in [1.82, 2.24) is 9.91 Å². The zero-order chi connectivity index (χ0) is 15.6. The van der Waals surface area contributed by atoms with E-state index in [2.05, 4.69) is 18.1 Å². The van der Waals surface area contributed by atoms with E-state index in [1.807, 2.05) is 19.1 Å². The van der Waals surface area contributed by atoms with Gasteiger partial charge in [-0.25, -0.2) is 5.01 Å². The zero-order valence-corrected chi connectivity index (χ0v) is 13.0. The topological polar surface area (TPSA) is 53.0 Å². The zero-order valence-electron chi connectivity index (χ0n) is 13.0. The van der Waals surface area contributed by atoms with Crippen LogP contribution in [0.5, 0.6) is 0 Å². The highest BCUT2D eigenvalue weighted by atomic mass is 16.2. The van der Waals surface area contributed by atoms with Crippen LogP contribution in [0.2, 0.25) is 0 Å². The predicted octanol–water partition coefficient (Wildman–Crippen LogP) is 1.87. The van der Waals surface area contributed by atoms with E-state index in [9.17, 15) is 9.59 Å². The molecule has 0 aliphatic carbocycles. The minimum absolute atomic E-state index is 0.0522. The molecule has 1 aromatic carbocycles. The SMILES string of the molecule is Cc1ccc(CN(C)C(=O)C2=NN(C)C(=O)CC2)c(C)c1.